The smallest absolute Gasteiger partial charge is 0.0956 e. The highest BCUT2D eigenvalue weighted by atomic mass is 16.5. The Balaban J connectivity index is 2.07. The van der Waals surface area contributed by atoms with E-state index in [0.29, 0.717) is 6.61 Å². The minimum atomic E-state index is 0.0893. The minimum Gasteiger partial charge on any atom is -0.368 e. The zero-order valence-corrected chi connectivity index (χ0v) is 11.6. The number of hydrogen-bond acceptors (Lipinski definition) is 2. The van der Waals surface area contributed by atoms with Crippen LogP contribution in [0.5, 0.6) is 0 Å². The molecular weight excluding hydrogens is 234 g/mol. The third-order valence-corrected chi connectivity index (χ3v) is 3.22. The maximum atomic E-state index is 6.07. The molecule has 2 aromatic rings. The monoisotopic (exact) mass is 255 g/mol. The van der Waals surface area contributed by atoms with Crippen molar-refractivity contribution in [2.75, 3.05) is 13.6 Å². The summed E-state index contributed by atoms with van der Waals surface area (Å²) in [6, 6.07) is 18.7. The molecule has 19 heavy (non-hydrogen) atoms. The van der Waals surface area contributed by atoms with Crippen LogP contribution < -0.4 is 5.32 Å². The largest absolute Gasteiger partial charge is 0.368 e. The SMILES string of the molecule is CNCC(OCc1ccccc1)c1ccccc1C. The van der Waals surface area contributed by atoms with E-state index in [-0.39, 0.29) is 6.10 Å². The van der Waals surface area contributed by atoms with E-state index < -0.39 is 0 Å². The van der Waals surface area contributed by atoms with Gasteiger partial charge in [-0.25, -0.2) is 0 Å². The summed E-state index contributed by atoms with van der Waals surface area (Å²) >= 11 is 0. The lowest BCUT2D eigenvalue weighted by atomic mass is 10.0. The van der Waals surface area contributed by atoms with Crippen molar-refractivity contribution in [1.29, 1.82) is 0 Å². The number of nitrogens with one attached hydrogen (secondary N) is 1. The standard InChI is InChI=1S/C17H21NO/c1-14-8-6-7-11-16(14)17(12-18-2)19-13-15-9-4-3-5-10-15/h3-11,17-18H,12-13H2,1-2H3. The summed E-state index contributed by atoms with van der Waals surface area (Å²) in [5, 5.41) is 3.20. The van der Waals surface area contributed by atoms with E-state index in [9.17, 15) is 0 Å². The lowest BCUT2D eigenvalue weighted by Crippen LogP contribution is -2.20. The minimum absolute atomic E-state index is 0.0893. The van der Waals surface area contributed by atoms with Crippen molar-refractivity contribution in [2.24, 2.45) is 0 Å². The van der Waals surface area contributed by atoms with Crippen LogP contribution in [-0.2, 0) is 11.3 Å². The van der Waals surface area contributed by atoms with Crippen molar-refractivity contribution in [2.45, 2.75) is 19.6 Å². The Labute approximate surface area is 115 Å². The van der Waals surface area contributed by atoms with Crippen LogP contribution in [-0.4, -0.2) is 13.6 Å². The average Bonchev–Trinajstić information content (AvgIpc) is 2.45. The zero-order valence-electron chi connectivity index (χ0n) is 11.6. The molecule has 0 aromatic heterocycles. The molecular formula is C17H21NO. The first-order valence-electron chi connectivity index (χ1n) is 6.67. The molecule has 2 rings (SSSR count). The number of benzene rings is 2. The van der Waals surface area contributed by atoms with E-state index in [1.54, 1.807) is 0 Å². The van der Waals surface area contributed by atoms with Crippen LogP contribution in [0.4, 0.5) is 0 Å². The topological polar surface area (TPSA) is 21.3 Å². The van der Waals surface area contributed by atoms with Crippen LogP contribution in [0.3, 0.4) is 0 Å². The summed E-state index contributed by atoms with van der Waals surface area (Å²) in [7, 11) is 1.96. The van der Waals surface area contributed by atoms with Crippen molar-refractivity contribution in [3.8, 4) is 0 Å². The van der Waals surface area contributed by atoms with Gasteiger partial charge in [-0.2, -0.15) is 0 Å². The molecule has 0 bridgehead atoms. The van der Waals surface area contributed by atoms with Gasteiger partial charge in [-0.15, -0.1) is 0 Å². The molecule has 0 amide bonds. The quantitative estimate of drug-likeness (QED) is 0.853. The highest BCUT2D eigenvalue weighted by molar-refractivity contribution is 5.28. The molecule has 0 saturated heterocycles. The fourth-order valence-electron chi connectivity index (χ4n) is 2.16. The van der Waals surface area contributed by atoms with Gasteiger partial charge in [0.1, 0.15) is 0 Å². The number of aryl methyl sites for hydroxylation is 1. The second-order valence-electron chi connectivity index (χ2n) is 4.70. The third kappa shape index (κ3) is 3.91. The van der Waals surface area contributed by atoms with Crippen LogP contribution in [0.15, 0.2) is 54.6 Å². The summed E-state index contributed by atoms with van der Waals surface area (Å²) in [5.74, 6) is 0. The van der Waals surface area contributed by atoms with Gasteiger partial charge in [0.15, 0.2) is 0 Å². The molecule has 1 unspecified atom stereocenters. The second-order valence-corrected chi connectivity index (χ2v) is 4.70. The van der Waals surface area contributed by atoms with E-state index in [0.717, 1.165) is 6.54 Å². The normalized spacial score (nSPS) is 12.3. The molecule has 0 spiro atoms. The Kier molecular flexibility index (Phi) is 5.13. The van der Waals surface area contributed by atoms with Gasteiger partial charge in [-0.3, -0.25) is 0 Å². The van der Waals surface area contributed by atoms with E-state index in [2.05, 4.69) is 48.6 Å². The second kappa shape index (κ2) is 7.07. The maximum Gasteiger partial charge on any atom is 0.0956 e. The van der Waals surface area contributed by atoms with Gasteiger partial charge >= 0.3 is 0 Å². The van der Waals surface area contributed by atoms with Gasteiger partial charge in [-0.1, -0.05) is 54.6 Å². The first kappa shape index (κ1) is 13.8. The predicted octanol–water partition coefficient (Wildman–Crippen LogP) is 3.47. The molecule has 2 heteroatoms. The summed E-state index contributed by atoms with van der Waals surface area (Å²) < 4.78 is 6.07. The fraction of sp³-hybridized carbons (Fsp3) is 0.294. The van der Waals surface area contributed by atoms with Gasteiger partial charge in [0.05, 0.1) is 12.7 Å². The highest BCUT2D eigenvalue weighted by Gasteiger charge is 2.13. The van der Waals surface area contributed by atoms with Crippen molar-refractivity contribution in [3.05, 3.63) is 71.3 Å². The number of ether oxygens (including phenoxy) is 1. The first-order valence-corrected chi connectivity index (χ1v) is 6.67. The van der Waals surface area contributed by atoms with Gasteiger partial charge < -0.3 is 10.1 Å². The van der Waals surface area contributed by atoms with E-state index in [1.165, 1.54) is 16.7 Å². The van der Waals surface area contributed by atoms with Crippen LogP contribution >= 0.6 is 0 Å². The molecule has 0 heterocycles. The molecule has 100 valence electrons. The third-order valence-electron chi connectivity index (χ3n) is 3.22. The van der Waals surface area contributed by atoms with E-state index in [4.69, 9.17) is 4.74 Å². The summed E-state index contributed by atoms with van der Waals surface area (Å²) in [6.07, 6.45) is 0.0893. The van der Waals surface area contributed by atoms with E-state index >= 15 is 0 Å². The number of hydrogen-bond donors (Lipinski definition) is 1. The maximum absolute atomic E-state index is 6.07. The molecule has 2 nitrogen and oxygen atoms in total. The van der Waals surface area contributed by atoms with Crippen molar-refractivity contribution < 1.29 is 4.74 Å². The Morgan fingerprint density at radius 1 is 1.00 bits per heavy atom. The van der Waals surface area contributed by atoms with Gasteiger partial charge in [0, 0.05) is 6.54 Å². The molecule has 0 radical (unpaired) electrons. The Morgan fingerprint density at radius 3 is 2.37 bits per heavy atom. The molecule has 2 aromatic carbocycles. The summed E-state index contributed by atoms with van der Waals surface area (Å²) in [6.45, 7) is 3.59. The lowest BCUT2D eigenvalue weighted by molar-refractivity contribution is 0.0407. The molecule has 0 fully saturated rings. The molecule has 0 aliphatic heterocycles. The number of likely N-dealkylation sites (N-methyl/N-ethyl adjacent to an activating group) is 1. The predicted molar refractivity (Wildman–Crippen MR) is 79.1 cm³/mol. The van der Waals surface area contributed by atoms with Gasteiger partial charge in [0.25, 0.3) is 0 Å². The summed E-state index contributed by atoms with van der Waals surface area (Å²) in [5.41, 5.74) is 3.74. The zero-order chi connectivity index (χ0) is 13.5. The van der Waals surface area contributed by atoms with Crippen LogP contribution in [0, 0.1) is 6.92 Å². The van der Waals surface area contributed by atoms with Crippen molar-refractivity contribution in [1.82, 2.24) is 5.32 Å². The molecule has 0 aliphatic carbocycles. The van der Waals surface area contributed by atoms with Crippen molar-refractivity contribution in [3.63, 3.8) is 0 Å². The Hall–Kier alpha value is -1.64. The van der Waals surface area contributed by atoms with Gasteiger partial charge in [-0.05, 0) is 30.7 Å². The molecule has 1 atom stereocenters. The summed E-state index contributed by atoms with van der Waals surface area (Å²) in [4.78, 5) is 0. The fourth-order valence-corrected chi connectivity index (χ4v) is 2.16. The molecule has 0 saturated carbocycles. The van der Waals surface area contributed by atoms with Crippen LogP contribution in [0.1, 0.15) is 22.8 Å². The number of rotatable bonds is 6. The van der Waals surface area contributed by atoms with Crippen LogP contribution in [0.2, 0.25) is 0 Å². The van der Waals surface area contributed by atoms with E-state index in [1.807, 2.05) is 25.2 Å². The molecule has 0 aliphatic rings. The van der Waals surface area contributed by atoms with Gasteiger partial charge in [0.2, 0.25) is 0 Å². The van der Waals surface area contributed by atoms with Crippen molar-refractivity contribution >= 4 is 0 Å². The van der Waals surface area contributed by atoms with Crippen LogP contribution in [0.25, 0.3) is 0 Å². The average molecular weight is 255 g/mol. The lowest BCUT2D eigenvalue weighted by Gasteiger charge is -2.20. The highest BCUT2D eigenvalue weighted by Crippen LogP contribution is 2.21. The Morgan fingerprint density at radius 2 is 1.68 bits per heavy atom. The Bertz CT molecular complexity index is 496. The first-order chi connectivity index (χ1) is 9.31. The molecule has 1 N–H and O–H groups in total.